The van der Waals surface area contributed by atoms with Gasteiger partial charge in [-0.25, -0.2) is 9.97 Å². The molecule has 6 rings (SSSR count). The molecule has 7 heteroatoms. The lowest BCUT2D eigenvalue weighted by Crippen LogP contribution is -2.38. The molecule has 2 aliphatic heterocycles. The number of nitrogens with two attached hydrogens (primary N) is 1. The molecular formula is C28H37N5O2. The standard InChI is InChI=1S/C28H37N5O2/c1-19-6-5-10-32(19)15-20-12-22(13-20)33-16-25(26-27(29)30-18-31-28(26)33)21-7-4-9-23(14-21)35-17-24-8-2-3-11-34-24/h4,7,9,14,16,18-20,22,24H,2-3,5-6,8,10-13,15,17H2,1H3,(H2,29,30,31)/t19?,20-,22-,24-/m1/s1. The highest BCUT2D eigenvalue weighted by atomic mass is 16.5. The van der Waals surface area contributed by atoms with Gasteiger partial charge in [-0.15, -0.1) is 0 Å². The maximum absolute atomic E-state index is 6.39. The van der Waals surface area contributed by atoms with Crippen LogP contribution in [-0.2, 0) is 4.74 Å². The SMILES string of the molecule is CC1CCCN1C[C@H]1C[C@H](n2cc(-c3cccc(OC[C@H]4CCCCO4)c3)c3c(N)ncnc32)C1. The van der Waals surface area contributed by atoms with Gasteiger partial charge in [0.2, 0.25) is 0 Å². The third-order valence-electron chi connectivity index (χ3n) is 8.28. The van der Waals surface area contributed by atoms with Crippen LogP contribution in [-0.4, -0.2) is 57.9 Å². The van der Waals surface area contributed by atoms with E-state index in [0.717, 1.165) is 59.3 Å². The van der Waals surface area contributed by atoms with Crippen molar-refractivity contribution in [1.29, 1.82) is 0 Å². The van der Waals surface area contributed by atoms with Gasteiger partial charge in [-0.1, -0.05) is 12.1 Å². The molecule has 0 bridgehead atoms. The summed E-state index contributed by atoms with van der Waals surface area (Å²) in [5.74, 6) is 2.16. The smallest absolute Gasteiger partial charge is 0.146 e. The predicted octanol–water partition coefficient (Wildman–Crippen LogP) is 5.06. The summed E-state index contributed by atoms with van der Waals surface area (Å²) < 4.78 is 14.3. The monoisotopic (exact) mass is 475 g/mol. The number of fused-ring (bicyclic) bond motifs is 1. The minimum absolute atomic E-state index is 0.188. The van der Waals surface area contributed by atoms with Gasteiger partial charge in [-0.05, 0) is 82.0 Å². The van der Waals surface area contributed by atoms with E-state index in [4.69, 9.17) is 15.2 Å². The van der Waals surface area contributed by atoms with Crippen LogP contribution in [0.15, 0.2) is 36.8 Å². The van der Waals surface area contributed by atoms with Gasteiger partial charge in [0.05, 0.1) is 11.5 Å². The molecule has 3 fully saturated rings. The fourth-order valence-electron chi connectivity index (χ4n) is 6.16. The number of hydrogen-bond acceptors (Lipinski definition) is 6. The van der Waals surface area contributed by atoms with Crippen molar-refractivity contribution in [2.75, 3.05) is 32.0 Å². The Bertz CT molecular complexity index is 1170. The molecule has 1 saturated carbocycles. The second kappa shape index (κ2) is 9.78. The van der Waals surface area contributed by atoms with Crippen LogP contribution in [0.25, 0.3) is 22.2 Å². The highest BCUT2D eigenvalue weighted by Crippen LogP contribution is 2.44. The molecule has 1 unspecified atom stereocenters. The van der Waals surface area contributed by atoms with Gasteiger partial charge in [-0.3, -0.25) is 0 Å². The molecule has 4 heterocycles. The van der Waals surface area contributed by atoms with Crippen molar-refractivity contribution in [1.82, 2.24) is 19.4 Å². The van der Waals surface area contributed by atoms with E-state index in [2.05, 4.69) is 44.7 Å². The summed E-state index contributed by atoms with van der Waals surface area (Å²) in [5.41, 5.74) is 9.49. The number of rotatable bonds is 7. The Labute approximate surface area is 207 Å². The Morgan fingerprint density at radius 2 is 2.06 bits per heavy atom. The molecule has 1 aliphatic carbocycles. The minimum Gasteiger partial charge on any atom is -0.491 e. The maximum Gasteiger partial charge on any atom is 0.146 e. The Morgan fingerprint density at radius 3 is 2.86 bits per heavy atom. The third-order valence-corrected chi connectivity index (χ3v) is 8.28. The fourth-order valence-corrected chi connectivity index (χ4v) is 6.16. The topological polar surface area (TPSA) is 78.4 Å². The quantitative estimate of drug-likeness (QED) is 0.514. The van der Waals surface area contributed by atoms with Gasteiger partial charge in [0, 0.05) is 37.0 Å². The van der Waals surface area contributed by atoms with E-state index in [1.807, 2.05) is 12.1 Å². The zero-order chi connectivity index (χ0) is 23.8. The predicted molar refractivity (Wildman–Crippen MR) is 138 cm³/mol. The number of aromatic nitrogens is 3. The summed E-state index contributed by atoms with van der Waals surface area (Å²) in [7, 11) is 0. The summed E-state index contributed by atoms with van der Waals surface area (Å²) in [4.78, 5) is 11.7. The largest absolute Gasteiger partial charge is 0.491 e. The van der Waals surface area contributed by atoms with Crippen molar-refractivity contribution in [3.8, 4) is 16.9 Å². The van der Waals surface area contributed by atoms with Crippen LogP contribution in [0, 0.1) is 5.92 Å². The van der Waals surface area contributed by atoms with E-state index in [9.17, 15) is 0 Å². The van der Waals surface area contributed by atoms with Crippen molar-refractivity contribution in [3.63, 3.8) is 0 Å². The van der Waals surface area contributed by atoms with Crippen LogP contribution in [0.3, 0.4) is 0 Å². The number of nitrogens with zero attached hydrogens (tertiary/aromatic N) is 4. The highest BCUT2D eigenvalue weighted by Gasteiger charge is 2.35. The number of anilines is 1. The van der Waals surface area contributed by atoms with E-state index in [1.165, 1.54) is 45.2 Å². The molecule has 0 radical (unpaired) electrons. The molecule has 2 saturated heterocycles. The molecule has 7 nitrogen and oxygen atoms in total. The Morgan fingerprint density at radius 1 is 1.14 bits per heavy atom. The number of benzene rings is 1. The summed E-state index contributed by atoms with van der Waals surface area (Å²) in [6.07, 6.45) is 12.5. The molecule has 1 aromatic carbocycles. The van der Waals surface area contributed by atoms with Gasteiger partial charge >= 0.3 is 0 Å². The highest BCUT2D eigenvalue weighted by molar-refractivity contribution is 6.00. The fraction of sp³-hybridized carbons (Fsp3) is 0.571. The molecule has 186 valence electrons. The van der Waals surface area contributed by atoms with Gasteiger partial charge in [0.1, 0.15) is 30.1 Å². The van der Waals surface area contributed by atoms with Crippen molar-refractivity contribution in [2.24, 2.45) is 5.92 Å². The lowest BCUT2D eigenvalue weighted by Gasteiger charge is -2.39. The number of ether oxygens (including phenoxy) is 2. The zero-order valence-corrected chi connectivity index (χ0v) is 20.7. The van der Waals surface area contributed by atoms with Gasteiger partial charge in [0.25, 0.3) is 0 Å². The maximum atomic E-state index is 6.39. The minimum atomic E-state index is 0.188. The second-order valence-corrected chi connectivity index (χ2v) is 10.7. The van der Waals surface area contributed by atoms with Crippen LogP contribution in [0.5, 0.6) is 5.75 Å². The Hall–Kier alpha value is -2.64. The van der Waals surface area contributed by atoms with Gasteiger partial charge in [0.15, 0.2) is 0 Å². The summed E-state index contributed by atoms with van der Waals surface area (Å²) in [6, 6.07) is 9.49. The third kappa shape index (κ3) is 4.64. The first-order valence-electron chi connectivity index (χ1n) is 13.4. The van der Waals surface area contributed by atoms with E-state index >= 15 is 0 Å². The van der Waals surface area contributed by atoms with Gasteiger partial charge in [-0.2, -0.15) is 0 Å². The number of nitrogen functional groups attached to an aromatic ring is 1. The molecule has 3 aromatic rings. The number of hydrogen-bond donors (Lipinski definition) is 1. The van der Waals surface area contributed by atoms with Gasteiger partial charge < -0.3 is 24.7 Å². The molecule has 2 N–H and O–H groups in total. The lowest BCUT2D eigenvalue weighted by molar-refractivity contribution is -0.0110. The first kappa shape index (κ1) is 22.8. The molecule has 35 heavy (non-hydrogen) atoms. The molecule has 3 aliphatic rings. The van der Waals surface area contributed by atoms with E-state index in [1.54, 1.807) is 6.33 Å². The summed E-state index contributed by atoms with van der Waals surface area (Å²) >= 11 is 0. The molecule has 0 amide bonds. The van der Waals surface area contributed by atoms with Crippen LogP contribution < -0.4 is 10.5 Å². The van der Waals surface area contributed by atoms with Crippen LogP contribution in [0.1, 0.15) is 57.9 Å². The van der Waals surface area contributed by atoms with Crippen molar-refractivity contribution >= 4 is 16.9 Å². The number of likely N-dealkylation sites (tertiary alicyclic amines) is 1. The zero-order valence-electron chi connectivity index (χ0n) is 20.7. The average Bonchev–Trinajstić information content (AvgIpc) is 3.45. The van der Waals surface area contributed by atoms with Crippen LogP contribution in [0.4, 0.5) is 5.82 Å². The van der Waals surface area contributed by atoms with E-state index in [-0.39, 0.29) is 6.10 Å². The lowest BCUT2D eigenvalue weighted by atomic mass is 9.79. The van der Waals surface area contributed by atoms with Crippen LogP contribution >= 0.6 is 0 Å². The molecule has 0 spiro atoms. The Balaban J connectivity index is 1.22. The van der Waals surface area contributed by atoms with Crippen molar-refractivity contribution in [3.05, 3.63) is 36.8 Å². The molecule has 2 atom stereocenters. The summed E-state index contributed by atoms with van der Waals surface area (Å²) in [5, 5.41) is 0.942. The average molecular weight is 476 g/mol. The Kier molecular flexibility index (Phi) is 6.37. The van der Waals surface area contributed by atoms with E-state index in [0.29, 0.717) is 18.5 Å². The first-order valence-corrected chi connectivity index (χ1v) is 13.4. The second-order valence-electron chi connectivity index (χ2n) is 10.7. The van der Waals surface area contributed by atoms with Crippen molar-refractivity contribution < 1.29 is 9.47 Å². The summed E-state index contributed by atoms with van der Waals surface area (Å²) in [6.45, 7) is 6.29. The van der Waals surface area contributed by atoms with Crippen molar-refractivity contribution in [2.45, 2.75) is 70.1 Å². The van der Waals surface area contributed by atoms with E-state index < -0.39 is 0 Å². The molecular weight excluding hydrogens is 438 g/mol. The normalized spacial score (nSPS) is 27.2. The van der Waals surface area contributed by atoms with Crippen LogP contribution in [0.2, 0.25) is 0 Å². The first-order chi connectivity index (χ1) is 17.2. The molecule has 2 aromatic heterocycles.